The molecule has 0 aromatic rings. The van der Waals surface area contributed by atoms with Gasteiger partial charge in [-0.15, -0.1) is 0 Å². The quantitative estimate of drug-likeness (QED) is 0.746. The van der Waals surface area contributed by atoms with E-state index in [1.807, 2.05) is 0 Å². The summed E-state index contributed by atoms with van der Waals surface area (Å²) >= 11 is 0. The Hall–Kier alpha value is -0.570. The Kier molecular flexibility index (Phi) is 2.77. The van der Waals surface area contributed by atoms with Crippen molar-refractivity contribution in [2.75, 3.05) is 13.1 Å². The second-order valence-corrected chi connectivity index (χ2v) is 4.73. The topological polar surface area (TPSA) is 40.5 Å². The molecule has 1 N–H and O–H groups in total. The monoisotopic (exact) mass is 197 g/mol. The minimum Gasteiger partial charge on any atom is -0.481 e. The molecule has 0 aromatic carbocycles. The third-order valence-corrected chi connectivity index (χ3v) is 3.83. The summed E-state index contributed by atoms with van der Waals surface area (Å²) in [5.74, 6) is 0.208. The van der Waals surface area contributed by atoms with Gasteiger partial charge in [-0.2, -0.15) is 0 Å². The highest BCUT2D eigenvalue weighted by atomic mass is 16.4. The average molecular weight is 197 g/mol. The number of rotatable bonds is 3. The van der Waals surface area contributed by atoms with Gasteiger partial charge in [0.2, 0.25) is 0 Å². The standard InChI is InChI=1S/C11H19NO2/c1-2-8-6-12(7-8)10-4-3-9(5-10)11(13)14/h8-10H,2-7H2,1H3,(H,13,14). The fourth-order valence-electron chi connectivity index (χ4n) is 2.68. The number of hydrogen-bond acceptors (Lipinski definition) is 2. The third kappa shape index (κ3) is 1.78. The molecule has 1 saturated heterocycles. The molecule has 14 heavy (non-hydrogen) atoms. The molecule has 2 atom stereocenters. The minimum absolute atomic E-state index is 0.0688. The van der Waals surface area contributed by atoms with E-state index in [2.05, 4.69) is 11.8 Å². The lowest BCUT2D eigenvalue weighted by Crippen LogP contribution is -2.51. The van der Waals surface area contributed by atoms with Gasteiger partial charge in [0.25, 0.3) is 0 Å². The molecule has 2 fully saturated rings. The molecular formula is C11H19NO2. The Labute approximate surface area is 85.1 Å². The average Bonchev–Trinajstić information content (AvgIpc) is 2.51. The Balaban J connectivity index is 1.77. The second kappa shape index (κ2) is 3.89. The molecule has 3 heteroatoms. The van der Waals surface area contributed by atoms with Crippen LogP contribution in [0.3, 0.4) is 0 Å². The van der Waals surface area contributed by atoms with E-state index in [1.165, 1.54) is 19.5 Å². The summed E-state index contributed by atoms with van der Waals surface area (Å²) in [6, 6.07) is 0.568. The maximum absolute atomic E-state index is 10.8. The van der Waals surface area contributed by atoms with Gasteiger partial charge in [0.05, 0.1) is 5.92 Å². The van der Waals surface area contributed by atoms with Crippen LogP contribution in [-0.4, -0.2) is 35.1 Å². The Morgan fingerprint density at radius 3 is 2.64 bits per heavy atom. The highest BCUT2D eigenvalue weighted by Gasteiger charge is 2.37. The first-order valence-corrected chi connectivity index (χ1v) is 5.67. The zero-order valence-corrected chi connectivity index (χ0v) is 8.78. The lowest BCUT2D eigenvalue weighted by Gasteiger charge is -2.43. The van der Waals surface area contributed by atoms with Crippen molar-refractivity contribution in [3.05, 3.63) is 0 Å². The largest absolute Gasteiger partial charge is 0.481 e. The molecule has 0 spiro atoms. The van der Waals surface area contributed by atoms with E-state index in [-0.39, 0.29) is 5.92 Å². The number of aliphatic carboxylic acids is 1. The number of carboxylic acid groups (broad SMARTS) is 1. The SMILES string of the molecule is CCC1CN(C2CCC(C(=O)O)C2)C1. The van der Waals surface area contributed by atoms with Crippen LogP contribution in [0.15, 0.2) is 0 Å². The number of carbonyl (C=O) groups is 1. The van der Waals surface area contributed by atoms with Crippen molar-refractivity contribution < 1.29 is 9.90 Å². The van der Waals surface area contributed by atoms with Gasteiger partial charge in [0, 0.05) is 19.1 Å². The summed E-state index contributed by atoms with van der Waals surface area (Å²) in [6.45, 7) is 4.64. The van der Waals surface area contributed by atoms with Crippen molar-refractivity contribution in [2.45, 2.75) is 38.6 Å². The van der Waals surface area contributed by atoms with E-state index in [9.17, 15) is 4.79 Å². The van der Waals surface area contributed by atoms with Gasteiger partial charge < -0.3 is 5.11 Å². The maximum atomic E-state index is 10.8. The van der Waals surface area contributed by atoms with Gasteiger partial charge >= 0.3 is 5.97 Å². The van der Waals surface area contributed by atoms with Crippen LogP contribution in [0, 0.1) is 11.8 Å². The van der Waals surface area contributed by atoms with Crippen LogP contribution < -0.4 is 0 Å². The third-order valence-electron chi connectivity index (χ3n) is 3.83. The van der Waals surface area contributed by atoms with E-state index in [0.29, 0.717) is 6.04 Å². The molecule has 0 bridgehead atoms. The normalized spacial score (nSPS) is 34.4. The van der Waals surface area contributed by atoms with Gasteiger partial charge in [0.15, 0.2) is 0 Å². The second-order valence-electron chi connectivity index (χ2n) is 4.73. The molecule has 0 amide bonds. The fraction of sp³-hybridized carbons (Fsp3) is 0.909. The van der Waals surface area contributed by atoms with Crippen molar-refractivity contribution in [1.82, 2.24) is 4.90 Å². The molecule has 1 aliphatic heterocycles. The maximum Gasteiger partial charge on any atom is 0.306 e. The van der Waals surface area contributed by atoms with Crippen LogP contribution in [0.2, 0.25) is 0 Å². The molecule has 0 aromatic heterocycles. The Morgan fingerprint density at radius 2 is 2.14 bits per heavy atom. The van der Waals surface area contributed by atoms with Crippen LogP contribution in [0.1, 0.15) is 32.6 Å². The van der Waals surface area contributed by atoms with E-state index in [0.717, 1.165) is 25.2 Å². The predicted molar refractivity (Wildman–Crippen MR) is 54.1 cm³/mol. The molecule has 80 valence electrons. The highest BCUT2D eigenvalue weighted by molar-refractivity contribution is 5.70. The van der Waals surface area contributed by atoms with Crippen molar-refractivity contribution in [2.24, 2.45) is 11.8 Å². The van der Waals surface area contributed by atoms with Crippen molar-refractivity contribution in [3.63, 3.8) is 0 Å². The van der Waals surface area contributed by atoms with Gasteiger partial charge in [0.1, 0.15) is 0 Å². The summed E-state index contributed by atoms with van der Waals surface area (Å²) in [5.41, 5.74) is 0. The van der Waals surface area contributed by atoms with Crippen molar-refractivity contribution >= 4 is 5.97 Å². The minimum atomic E-state index is -0.597. The zero-order valence-electron chi connectivity index (χ0n) is 8.78. The molecule has 0 radical (unpaired) electrons. The first-order valence-electron chi connectivity index (χ1n) is 5.67. The molecule has 2 unspecified atom stereocenters. The van der Waals surface area contributed by atoms with Gasteiger partial charge in [-0.25, -0.2) is 0 Å². The summed E-state index contributed by atoms with van der Waals surface area (Å²) in [5, 5.41) is 8.88. The molecule has 1 saturated carbocycles. The zero-order chi connectivity index (χ0) is 10.1. The van der Waals surface area contributed by atoms with Crippen LogP contribution >= 0.6 is 0 Å². The van der Waals surface area contributed by atoms with E-state index in [4.69, 9.17) is 5.11 Å². The van der Waals surface area contributed by atoms with Crippen LogP contribution in [0.5, 0.6) is 0 Å². The lowest BCUT2D eigenvalue weighted by atomic mass is 9.94. The predicted octanol–water partition coefficient (Wildman–Crippen LogP) is 1.58. The van der Waals surface area contributed by atoms with E-state index in [1.54, 1.807) is 0 Å². The molecule has 1 heterocycles. The number of hydrogen-bond donors (Lipinski definition) is 1. The number of likely N-dealkylation sites (tertiary alicyclic amines) is 1. The summed E-state index contributed by atoms with van der Waals surface area (Å²) in [7, 11) is 0. The highest BCUT2D eigenvalue weighted by Crippen LogP contribution is 2.33. The first kappa shape index (κ1) is 9.97. The van der Waals surface area contributed by atoms with Crippen LogP contribution in [0.25, 0.3) is 0 Å². The van der Waals surface area contributed by atoms with E-state index >= 15 is 0 Å². The fourth-order valence-corrected chi connectivity index (χ4v) is 2.68. The number of nitrogens with zero attached hydrogens (tertiary/aromatic N) is 1. The molecule has 2 rings (SSSR count). The van der Waals surface area contributed by atoms with Crippen molar-refractivity contribution in [3.8, 4) is 0 Å². The van der Waals surface area contributed by atoms with Gasteiger partial charge in [-0.3, -0.25) is 9.69 Å². The molecule has 1 aliphatic carbocycles. The van der Waals surface area contributed by atoms with E-state index < -0.39 is 5.97 Å². The molecule has 3 nitrogen and oxygen atoms in total. The molecular weight excluding hydrogens is 178 g/mol. The Morgan fingerprint density at radius 1 is 1.43 bits per heavy atom. The Bertz CT molecular complexity index is 223. The molecule has 2 aliphatic rings. The summed E-state index contributed by atoms with van der Waals surface area (Å²) < 4.78 is 0. The number of carboxylic acids is 1. The summed E-state index contributed by atoms with van der Waals surface area (Å²) in [6.07, 6.45) is 4.12. The van der Waals surface area contributed by atoms with Crippen molar-refractivity contribution in [1.29, 1.82) is 0 Å². The summed E-state index contributed by atoms with van der Waals surface area (Å²) in [4.78, 5) is 13.2. The van der Waals surface area contributed by atoms with Crippen LogP contribution in [-0.2, 0) is 4.79 Å². The van der Waals surface area contributed by atoms with Gasteiger partial charge in [-0.1, -0.05) is 13.3 Å². The van der Waals surface area contributed by atoms with Crippen LogP contribution in [0.4, 0.5) is 0 Å². The smallest absolute Gasteiger partial charge is 0.306 e. The lowest BCUT2D eigenvalue weighted by molar-refractivity contribution is -0.141. The first-order chi connectivity index (χ1) is 6.70. The van der Waals surface area contributed by atoms with Gasteiger partial charge in [-0.05, 0) is 25.2 Å².